The summed E-state index contributed by atoms with van der Waals surface area (Å²) in [6, 6.07) is 0. The van der Waals surface area contributed by atoms with Crippen molar-refractivity contribution in [2.75, 3.05) is 72.2 Å². The molecule has 0 aliphatic carbocycles. The summed E-state index contributed by atoms with van der Waals surface area (Å²) in [7, 11) is 1.23. The molecular weight excluding hydrogens is 264 g/mol. The van der Waals surface area contributed by atoms with Gasteiger partial charge < -0.3 is 15.1 Å². The van der Waals surface area contributed by atoms with E-state index in [1.807, 2.05) is 7.05 Å². The van der Waals surface area contributed by atoms with Crippen LogP contribution >= 0.6 is 0 Å². The van der Waals surface area contributed by atoms with Gasteiger partial charge >= 0.3 is 0 Å². The predicted molar refractivity (Wildman–Crippen MR) is 78.9 cm³/mol. The molecule has 6 nitrogen and oxygen atoms in total. The van der Waals surface area contributed by atoms with E-state index in [-0.39, 0.29) is 5.75 Å². The van der Waals surface area contributed by atoms with Crippen molar-refractivity contribution >= 4 is 10.0 Å². The molecule has 2 rings (SSSR count). The lowest BCUT2D eigenvalue weighted by atomic mass is 10.4. The van der Waals surface area contributed by atoms with Gasteiger partial charge in [0.05, 0.1) is 5.75 Å². The van der Waals surface area contributed by atoms with Gasteiger partial charge in [-0.25, -0.2) is 8.42 Å². The Kier molecular flexibility index (Phi) is 7.23. The second-order valence-corrected chi connectivity index (χ2v) is 7.41. The zero-order valence-corrected chi connectivity index (χ0v) is 13.2. The lowest BCUT2D eigenvalue weighted by Crippen LogP contribution is -2.47. The zero-order chi connectivity index (χ0) is 14.3. The Morgan fingerprint density at radius 2 is 1.37 bits per heavy atom. The van der Waals surface area contributed by atoms with Crippen LogP contribution in [0.1, 0.15) is 6.92 Å². The van der Waals surface area contributed by atoms with E-state index in [0.717, 1.165) is 26.2 Å². The van der Waals surface area contributed by atoms with Crippen molar-refractivity contribution in [3.05, 3.63) is 0 Å². The molecule has 0 aromatic rings. The lowest BCUT2D eigenvalue weighted by molar-refractivity contribution is 0.222. The number of hydrogen-bond donors (Lipinski definition) is 1. The van der Waals surface area contributed by atoms with Crippen molar-refractivity contribution in [3.63, 3.8) is 0 Å². The summed E-state index contributed by atoms with van der Waals surface area (Å²) >= 11 is 0. The topological polar surface area (TPSA) is 55.9 Å². The van der Waals surface area contributed by atoms with E-state index >= 15 is 0 Å². The number of likely N-dealkylation sites (N-methyl/N-ethyl adjacent to an activating group) is 2. The standard InChI is InChI=1S/C7H16N2O2S.C5H12N2/c1-3-12(10,11)9-6-4-8(2)5-7-9;1-7-4-2-6-3-5-7/h3-7H2,1-2H3;6H,2-5H2,1H3. The number of nitrogens with one attached hydrogen (secondary N) is 1. The van der Waals surface area contributed by atoms with Crippen LogP contribution in [0.5, 0.6) is 0 Å². The van der Waals surface area contributed by atoms with Crippen LogP contribution in [0.15, 0.2) is 0 Å². The first-order valence-electron chi connectivity index (χ1n) is 7.01. The van der Waals surface area contributed by atoms with Gasteiger partial charge in [-0.1, -0.05) is 0 Å². The molecule has 114 valence electrons. The largest absolute Gasteiger partial charge is 0.314 e. The van der Waals surface area contributed by atoms with E-state index in [0.29, 0.717) is 13.1 Å². The molecule has 0 amide bonds. The van der Waals surface area contributed by atoms with Gasteiger partial charge in [0.1, 0.15) is 0 Å². The normalized spacial score (nSPS) is 23.7. The summed E-state index contributed by atoms with van der Waals surface area (Å²) in [5.41, 5.74) is 0. The van der Waals surface area contributed by atoms with E-state index in [1.165, 1.54) is 13.1 Å². The highest BCUT2D eigenvalue weighted by Gasteiger charge is 2.23. The molecule has 19 heavy (non-hydrogen) atoms. The van der Waals surface area contributed by atoms with Gasteiger partial charge in [0, 0.05) is 52.4 Å². The Balaban J connectivity index is 0.000000218. The van der Waals surface area contributed by atoms with Gasteiger partial charge in [0.2, 0.25) is 10.0 Å². The lowest BCUT2D eigenvalue weighted by Gasteiger charge is -2.31. The monoisotopic (exact) mass is 292 g/mol. The highest BCUT2D eigenvalue weighted by atomic mass is 32.2. The fourth-order valence-corrected chi connectivity index (χ4v) is 3.11. The molecule has 0 aromatic carbocycles. The van der Waals surface area contributed by atoms with Crippen molar-refractivity contribution in [3.8, 4) is 0 Å². The third-order valence-electron chi connectivity index (χ3n) is 3.56. The highest BCUT2D eigenvalue weighted by Crippen LogP contribution is 2.05. The van der Waals surface area contributed by atoms with Crippen molar-refractivity contribution in [1.29, 1.82) is 0 Å². The van der Waals surface area contributed by atoms with Gasteiger partial charge in [-0.15, -0.1) is 0 Å². The van der Waals surface area contributed by atoms with E-state index in [9.17, 15) is 8.42 Å². The van der Waals surface area contributed by atoms with Crippen LogP contribution in [0.3, 0.4) is 0 Å². The molecule has 7 heteroatoms. The minimum Gasteiger partial charge on any atom is -0.314 e. The quantitative estimate of drug-likeness (QED) is 0.715. The van der Waals surface area contributed by atoms with E-state index in [2.05, 4.69) is 22.2 Å². The third kappa shape index (κ3) is 6.18. The Morgan fingerprint density at radius 1 is 0.895 bits per heavy atom. The summed E-state index contributed by atoms with van der Waals surface area (Å²) in [5.74, 6) is 0.219. The first kappa shape index (κ1) is 16.8. The van der Waals surface area contributed by atoms with Crippen LogP contribution < -0.4 is 5.32 Å². The van der Waals surface area contributed by atoms with Gasteiger partial charge in [-0.3, -0.25) is 0 Å². The fourth-order valence-electron chi connectivity index (χ4n) is 2.03. The number of rotatable bonds is 2. The van der Waals surface area contributed by atoms with Crippen molar-refractivity contribution < 1.29 is 8.42 Å². The fraction of sp³-hybridized carbons (Fsp3) is 1.00. The molecule has 2 saturated heterocycles. The maximum atomic E-state index is 11.4. The number of nitrogens with zero attached hydrogens (tertiary/aromatic N) is 3. The summed E-state index contributed by atoms with van der Waals surface area (Å²) in [4.78, 5) is 4.47. The molecule has 0 bridgehead atoms. The van der Waals surface area contributed by atoms with Crippen LogP contribution in [0, 0.1) is 0 Å². The minimum absolute atomic E-state index is 0.219. The summed E-state index contributed by atoms with van der Waals surface area (Å²) < 4.78 is 24.3. The average Bonchev–Trinajstić information content (AvgIpc) is 2.41. The van der Waals surface area contributed by atoms with Crippen LogP contribution in [0.25, 0.3) is 0 Å². The van der Waals surface area contributed by atoms with Gasteiger partial charge in [0.15, 0.2) is 0 Å². The maximum Gasteiger partial charge on any atom is 0.213 e. The number of piperazine rings is 2. The molecule has 0 aromatic heterocycles. The second-order valence-electron chi connectivity index (χ2n) is 5.16. The van der Waals surface area contributed by atoms with Crippen molar-refractivity contribution in [1.82, 2.24) is 19.4 Å². The maximum absolute atomic E-state index is 11.4. The van der Waals surface area contributed by atoms with Gasteiger partial charge in [0.25, 0.3) is 0 Å². The van der Waals surface area contributed by atoms with Crippen molar-refractivity contribution in [2.45, 2.75) is 6.92 Å². The molecule has 0 radical (unpaired) electrons. The molecule has 0 spiro atoms. The average molecular weight is 292 g/mol. The molecular formula is C12H28N4O2S. The molecule has 0 unspecified atom stereocenters. The molecule has 2 heterocycles. The number of hydrogen-bond acceptors (Lipinski definition) is 5. The van der Waals surface area contributed by atoms with Crippen LogP contribution in [0.2, 0.25) is 0 Å². The predicted octanol–water partition coefficient (Wildman–Crippen LogP) is -0.895. The molecule has 1 N–H and O–H groups in total. The smallest absolute Gasteiger partial charge is 0.213 e. The summed E-state index contributed by atoms with van der Waals surface area (Å²) in [5, 5.41) is 3.27. The second kappa shape index (κ2) is 8.16. The molecule has 2 aliphatic rings. The summed E-state index contributed by atoms with van der Waals surface area (Å²) in [6.45, 7) is 9.42. The van der Waals surface area contributed by atoms with Gasteiger partial charge in [-0.05, 0) is 21.0 Å². The Hall–Kier alpha value is -0.210. The first-order chi connectivity index (χ1) is 8.95. The molecule has 0 atom stereocenters. The van der Waals surface area contributed by atoms with E-state index < -0.39 is 10.0 Å². The number of sulfonamides is 1. The van der Waals surface area contributed by atoms with Crippen molar-refractivity contribution in [2.24, 2.45) is 0 Å². The first-order valence-corrected chi connectivity index (χ1v) is 8.62. The van der Waals surface area contributed by atoms with Crippen LogP contribution in [-0.2, 0) is 10.0 Å². The van der Waals surface area contributed by atoms with E-state index in [1.54, 1.807) is 11.2 Å². The molecule has 0 saturated carbocycles. The molecule has 2 aliphatic heterocycles. The third-order valence-corrected chi connectivity index (χ3v) is 5.44. The van der Waals surface area contributed by atoms with Gasteiger partial charge in [-0.2, -0.15) is 4.31 Å². The van der Waals surface area contributed by atoms with Crippen LogP contribution in [-0.4, -0.2) is 94.7 Å². The zero-order valence-electron chi connectivity index (χ0n) is 12.4. The molecule has 2 fully saturated rings. The minimum atomic E-state index is -2.94. The Labute approximate surface area is 117 Å². The Morgan fingerprint density at radius 3 is 1.74 bits per heavy atom. The van der Waals surface area contributed by atoms with Crippen LogP contribution in [0.4, 0.5) is 0 Å². The Bertz CT molecular complexity index is 334. The van der Waals surface area contributed by atoms with E-state index in [4.69, 9.17) is 0 Å². The SMILES string of the molecule is CCS(=O)(=O)N1CCN(C)CC1.CN1CCNCC1. The highest BCUT2D eigenvalue weighted by molar-refractivity contribution is 7.89. The summed E-state index contributed by atoms with van der Waals surface area (Å²) in [6.07, 6.45) is 0.